The second-order valence-electron chi connectivity index (χ2n) is 5.30. The molecule has 0 spiro atoms. The van der Waals surface area contributed by atoms with Crippen LogP contribution in [0.25, 0.3) is 0 Å². The number of methoxy groups -OCH3 is 1. The van der Waals surface area contributed by atoms with E-state index in [9.17, 15) is 4.79 Å². The van der Waals surface area contributed by atoms with Crippen LogP contribution in [0.2, 0.25) is 0 Å². The number of nitrogens with zero attached hydrogens (tertiary/aromatic N) is 2. The van der Waals surface area contributed by atoms with Crippen LogP contribution in [-0.2, 0) is 9.53 Å². The Labute approximate surface area is 125 Å². The van der Waals surface area contributed by atoms with E-state index in [2.05, 4.69) is 6.92 Å². The Morgan fingerprint density at radius 2 is 2.14 bits per heavy atom. The summed E-state index contributed by atoms with van der Waals surface area (Å²) in [5.41, 5.74) is 0.571. The van der Waals surface area contributed by atoms with E-state index in [0.717, 1.165) is 13.0 Å². The fourth-order valence-corrected chi connectivity index (χ4v) is 2.43. The molecule has 2 rings (SSSR count). The van der Waals surface area contributed by atoms with Crippen molar-refractivity contribution in [2.75, 3.05) is 26.8 Å². The van der Waals surface area contributed by atoms with Crippen LogP contribution in [-0.4, -0.2) is 43.7 Å². The third-order valence-electron chi connectivity index (χ3n) is 3.89. The van der Waals surface area contributed by atoms with Crippen LogP contribution in [0.1, 0.15) is 18.9 Å². The van der Waals surface area contributed by atoms with Gasteiger partial charge in [-0.3, -0.25) is 4.79 Å². The zero-order chi connectivity index (χ0) is 15.2. The quantitative estimate of drug-likeness (QED) is 0.848. The van der Waals surface area contributed by atoms with Crippen LogP contribution in [0.5, 0.6) is 5.75 Å². The minimum atomic E-state index is -0.0340. The van der Waals surface area contributed by atoms with Gasteiger partial charge in [0.2, 0.25) is 0 Å². The molecule has 0 radical (unpaired) electrons. The summed E-state index contributed by atoms with van der Waals surface area (Å²) in [6.07, 6.45) is 1.04. The van der Waals surface area contributed by atoms with Crippen molar-refractivity contribution in [1.29, 1.82) is 5.26 Å². The van der Waals surface area contributed by atoms with E-state index in [-0.39, 0.29) is 18.6 Å². The van der Waals surface area contributed by atoms with Crippen molar-refractivity contribution in [2.24, 2.45) is 5.92 Å². The van der Waals surface area contributed by atoms with E-state index in [0.29, 0.717) is 23.8 Å². The molecule has 0 saturated carbocycles. The number of ether oxygens (including phenoxy) is 2. The molecule has 21 heavy (non-hydrogen) atoms. The Hall–Kier alpha value is -2.06. The molecule has 1 aliphatic rings. The predicted octanol–water partition coefficient (Wildman–Crippen LogP) is 1.82. The Kier molecular flexibility index (Phi) is 5.18. The van der Waals surface area contributed by atoms with Crippen molar-refractivity contribution in [1.82, 2.24) is 4.90 Å². The van der Waals surface area contributed by atoms with Crippen molar-refractivity contribution < 1.29 is 14.3 Å². The van der Waals surface area contributed by atoms with E-state index in [1.807, 2.05) is 6.07 Å². The number of likely N-dealkylation sites (tertiary alicyclic amines) is 1. The summed E-state index contributed by atoms with van der Waals surface area (Å²) in [6.45, 7) is 3.52. The lowest BCUT2D eigenvalue weighted by molar-refractivity contribution is -0.138. The molecule has 1 amide bonds. The van der Waals surface area contributed by atoms with E-state index >= 15 is 0 Å². The molecule has 0 bridgehead atoms. The number of carbonyl (C=O) groups excluding carboxylic acids is 1. The number of nitriles is 1. The highest BCUT2D eigenvalue weighted by Gasteiger charge is 2.28. The van der Waals surface area contributed by atoms with Gasteiger partial charge in [0.25, 0.3) is 5.91 Å². The van der Waals surface area contributed by atoms with Gasteiger partial charge in [-0.2, -0.15) is 5.26 Å². The smallest absolute Gasteiger partial charge is 0.260 e. The second kappa shape index (κ2) is 7.09. The third kappa shape index (κ3) is 3.96. The molecule has 2 unspecified atom stereocenters. The summed E-state index contributed by atoms with van der Waals surface area (Å²) in [6, 6.07) is 8.77. The predicted molar refractivity (Wildman–Crippen MR) is 77.8 cm³/mol. The maximum atomic E-state index is 12.2. The molecule has 0 aliphatic carbocycles. The van der Waals surface area contributed by atoms with E-state index in [1.165, 1.54) is 0 Å². The van der Waals surface area contributed by atoms with Gasteiger partial charge in [-0.05, 0) is 36.6 Å². The van der Waals surface area contributed by atoms with Crippen LogP contribution in [0.3, 0.4) is 0 Å². The molecule has 1 aromatic carbocycles. The number of piperidine rings is 1. The van der Waals surface area contributed by atoms with Crippen LogP contribution >= 0.6 is 0 Å². The molecular weight excluding hydrogens is 268 g/mol. The van der Waals surface area contributed by atoms with Crippen molar-refractivity contribution in [3.63, 3.8) is 0 Å². The summed E-state index contributed by atoms with van der Waals surface area (Å²) >= 11 is 0. The zero-order valence-corrected chi connectivity index (χ0v) is 12.4. The topological polar surface area (TPSA) is 62.6 Å². The minimum Gasteiger partial charge on any atom is -0.484 e. The van der Waals surface area contributed by atoms with Crippen molar-refractivity contribution in [3.8, 4) is 11.8 Å². The average molecular weight is 288 g/mol. The van der Waals surface area contributed by atoms with E-state index in [1.54, 1.807) is 36.3 Å². The number of rotatable bonds is 4. The molecule has 0 aromatic heterocycles. The molecule has 1 aliphatic heterocycles. The van der Waals surface area contributed by atoms with Crippen molar-refractivity contribution in [3.05, 3.63) is 29.8 Å². The zero-order valence-electron chi connectivity index (χ0n) is 12.4. The lowest BCUT2D eigenvalue weighted by atomic mass is 9.96. The second-order valence-corrected chi connectivity index (χ2v) is 5.30. The van der Waals surface area contributed by atoms with Crippen LogP contribution in [0.4, 0.5) is 0 Å². The van der Waals surface area contributed by atoms with Crippen LogP contribution in [0, 0.1) is 17.2 Å². The highest BCUT2D eigenvalue weighted by molar-refractivity contribution is 5.78. The van der Waals surface area contributed by atoms with Crippen molar-refractivity contribution >= 4 is 5.91 Å². The summed E-state index contributed by atoms with van der Waals surface area (Å²) in [5, 5.41) is 8.72. The first-order valence-electron chi connectivity index (χ1n) is 7.07. The normalized spacial score (nSPS) is 21.7. The number of carbonyl (C=O) groups is 1. The first-order valence-corrected chi connectivity index (χ1v) is 7.07. The fraction of sp³-hybridized carbons (Fsp3) is 0.500. The Morgan fingerprint density at radius 1 is 1.43 bits per heavy atom. The van der Waals surface area contributed by atoms with Gasteiger partial charge in [-0.1, -0.05) is 6.92 Å². The molecule has 0 N–H and O–H groups in total. The molecule has 2 atom stereocenters. The molecule has 1 saturated heterocycles. The SMILES string of the molecule is COC1CN(C(=O)COc2ccc(C#N)cc2)CCC1C. The maximum absolute atomic E-state index is 12.2. The minimum absolute atomic E-state index is 0.0106. The van der Waals surface area contributed by atoms with Gasteiger partial charge in [0, 0.05) is 20.2 Å². The number of benzene rings is 1. The van der Waals surface area contributed by atoms with E-state index in [4.69, 9.17) is 14.7 Å². The molecule has 1 aromatic rings. The molecule has 5 nitrogen and oxygen atoms in total. The third-order valence-corrected chi connectivity index (χ3v) is 3.89. The molecule has 1 fully saturated rings. The molecule has 1 heterocycles. The van der Waals surface area contributed by atoms with Gasteiger partial charge < -0.3 is 14.4 Å². The van der Waals surface area contributed by atoms with Gasteiger partial charge in [0.15, 0.2) is 6.61 Å². The lowest BCUT2D eigenvalue weighted by Gasteiger charge is -2.36. The van der Waals surface area contributed by atoms with E-state index < -0.39 is 0 Å². The maximum Gasteiger partial charge on any atom is 0.260 e. The number of hydrogen-bond acceptors (Lipinski definition) is 4. The van der Waals surface area contributed by atoms with Gasteiger partial charge >= 0.3 is 0 Å². The van der Waals surface area contributed by atoms with Crippen LogP contribution in [0.15, 0.2) is 24.3 Å². The summed E-state index contributed by atoms with van der Waals surface area (Å²) in [7, 11) is 1.68. The van der Waals surface area contributed by atoms with Gasteiger partial charge in [-0.15, -0.1) is 0 Å². The number of hydrogen-bond donors (Lipinski definition) is 0. The van der Waals surface area contributed by atoms with Crippen LogP contribution < -0.4 is 4.74 Å². The average Bonchev–Trinajstić information content (AvgIpc) is 2.53. The standard InChI is InChI=1S/C16H20N2O3/c1-12-7-8-18(10-15(12)20-2)16(19)11-21-14-5-3-13(9-17)4-6-14/h3-6,12,15H,7-8,10-11H2,1-2H3. The molecule has 5 heteroatoms. The van der Waals surface area contributed by atoms with Gasteiger partial charge in [0.1, 0.15) is 5.75 Å². The summed E-state index contributed by atoms with van der Waals surface area (Å²) < 4.78 is 10.9. The Morgan fingerprint density at radius 3 is 2.76 bits per heavy atom. The number of amides is 1. The molecular formula is C16H20N2O3. The van der Waals surface area contributed by atoms with Gasteiger partial charge in [-0.25, -0.2) is 0 Å². The first-order chi connectivity index (χ1) is 10.1. The lowest BCUT2D eigenvalue weighted by Crippen LogP contribution is -2.48. The largest absolute Gasteiger partial charge is 0.484 e. The Balaban J connectivity index is 1.85. The summed E-state index contributed by atoms with van der Waals surface area (Å²) in [5.74, 6) is 1.03. The highest BCUT2D eigenvalue weighted by atomic mass is 16.5. The monoisotopic (exact) mass is 288 g/mol. The highest BCUT2D eigenvalue weighted by Crippen LogP contribution is 2.19. The first kappa shape index (κ1) is 15.3. The van der Waals surface area contributed by atoms with Gasteiger partial charge in [0.05, 0.1) is 17.7 Å². The fourth-order valence-electron chi connectivity index (χ4n) is 2.43. The Bertz CT molecular complexity index is 521. The van der Waals surface area contributed by atoms with Crippen molar-refractivity contribution in [2.45, 2.75) is 19.4 Å². The summed E-state index contributed by atoms with van der Waals surface area (Å²) in [4.78, 5) is 13.9. The molecule has 112 valence electrons.